The number of imide groups is 1. The van der Waals surface area contributed by atoms with Crippen LogP contribution in [0.2, 0.25) is 0 Å². The zero-order valence-corrected chi connectivity index (χ0v) is 11.8. The molecule has 0 bridgehead atoms. The van der Waals surface area contributed by atoms with Gasteiger partial charge in [0.2, 0.25) is 5.91 Å². The number of rotatable bonds is 2. The maximum absolute atomic E-state index is 12.6. The standard InChI is InChI=1S/C16H20N2O2/c1-12-7-5-6-10-17(12)14-11-15(19)18(16(14)20)13-8-3-2-4-9-13/h2-4,8-9,12,14H,5-7,10-11H2,1H3/t12-,14-/m0/s1. The number of amides is 2. The predicted octanol–water partition coefficient (Wildman–Crippen LogP) is 2.19. The third-order valence-electron chi connectivity index (χ3n) is 4.39. The lowest BCUT2D eigenvalue weighted by atomic mass is 10.0. The summed E-state index contributed by atoms with van der Waals surface area (Å²) >= 11 is 0. The molecule has 0 spiro atoms. The molecule has 0 radical (unpaired) electrons. The summed E-state index contributed by atoms with van der Waals surface area (Å²) in [5, 5.41) is 0. The minimum atomic E-state index is -0.266. The summed E-state index contributed by atoms with van der Waals surface area (Å²) in [5.41, 5.74) is 0.690. The average molecular weight is 272 g/mol. The molecule has 0 unspecified atom stereocenters. The Morgan fingerprint density at radius 2 is 1.85 bits per heavy atom. The van der Waals surface area contributed by atoms with E-state index in [1.165, 1.54) is 11.3 Å². The third kappa shape index (κ3) is 2.24. The lowest BCUT2D eigenvalue weighted by Gasteiger charge is -2.36. The van der Waals surface area contributed by atoms with Crippen LogP contribution in [0.25, 0.3) is 0 Å². The summed E-state index contributed by atoms with van der Waals surface area (Å²) in [6, 6.07) is 9.35. The van der Waals surface area contributed by atoms with Crippen molar-refractivity contribution in [1.82, 2.24) is 4.90 Å². The van der Waals surface area contributed by atoms with Crippen LogP contribution in [-0.4, -0.2) is 35.3 Å². The van der Waals surface area contributed by atoms with Crippen molar-refractivity contribution >= 4 is 17.5 Å². The summed E-state index contributed by atoms with van der Waals surface area (Å²) in [7, 11) is 0. The Bertz CT molecular complexity index is 514. The maximum atomic E-state index is 12.6. The van der Waals surface area contributed by atoms with Crippen molar-refractivity contribution in [3.8, 4) is 0 Å². The number of carbonyl (C=O) groups excluding carboxylic acids is 2. The highest BCUT2D eigenvalue weighted by molar-refractivity contribution is 6.22. The molecule has 0 N–H and O–H groups in total. The summed E-state index contributed by atoms with van der Waals surface area (Å²) in [6.45, 7) is 3.08. The zero-order valence-electron chi connectivity index (χ0n) is 11.8. The van der Waals surface area contributed by atoms with Gasteiger partial charge < -0.3 is 0 Å². The van der Waals surface area contributed by atoms with Crippen molar-refractivity contribution in [2.75, 3.05) is 11.4 Å². The van der Waals surface area contributed by atoms with Gasteiger partial charge in [0, 0.05) is 6.04 Å². The number of piperidine rings is 1. The van der Waals surface area contributed by atoms with Crippen LogP contribution < -0.4 is 4.90 Å². The van der Waals surface area contributed by atoms with Crippen LogP contribution >= 0.6 is 0 Å². The molecule has 2 saturated heterocycles. The monoisotopic (exact) mass is 272 g/mol. The van der Waals surface area contributed by atoms with Crippen LogP contribution in [-0.2, 0) is 9.59 Å². The SMILES string of the molecule is C[C@H]1CCCCN1[C@H]1CC(=O)N(c2ccccc2)C1=O. The lowest BCUT2D eigenvalue weighted by Crippen LogP contribution is -2.48. The van der Waals surface area contributed by atoms with Gasteiger partial charge in [-0.15, -0.1) is 0 Å². The van der Waals surface area contributed by atoms with E-state index in [4.69, 9.17) is 0 Å². The van der Waals surface area contributed by atoms with Crippen LogP contribution in [0.4, 0.5) is 5.69 Å². The fourth-order valence-electron chi connectivity index (χ4n) is 3.31. The minimum Gasteiger partial charge on any atom is -0.289 e. The first-order chi connectivity index (χ1) is 9.68. The highest BCUT2D eigenvalue weighted by Gasteiger charge is 2.44. The number of anilines is 1. The van der Waals surface area contributed by atoms with Crippen molar-refractivity contribution in [3.05, 3.63) is 30.3 Å². The molecule has 4 nitrogen and oxygen atoms in total. The molecule has 20 heavy (non-hydrogen) atoms. The molecular weight excluding hydrogens is 252 g/mol. The van der Waals surface area contributed by atoms with Crippen LogP contribution in [0.1, 0.15) is 32.6 Å². The summed E-state index contributed by atoms with van der Waals surface area (Å²) in [5.74, 6) is -0.140. The van der Waals surface area contributed by atoms with Gasteiger partial charge in [-0.05, 0) is 38.4 Å². The fraction of sp³-hybridized carbons (Fsp3) is 0.500. The second-order valence-corrected chi connectivity index (χ2v) is 5.71. The summed E-state index contributed by atoms with van der Waals surface area (Å²) in [4.78, 5) is 28.4. The van der Waals surface area contributed by atoms with Gasteiger partial charge >= 0.3 is 0 Å². The Labute approximate surface area is 119 Å². The topological polar surface area (TPSA) is 40.6 Å². The fourth-order valence-corrected chi connectivity index (χ4v) is 3.31. The van der Waals surface area contributed by atoms with Crippen molar-refractivity contribution in [3.63, 3.8) is 0 Å². The predicted molar refractivity (Wildman–Crippen MR) is 77.4 cm³/mol. The summed E-state index contributed by atoms with van der Waals surface area (Å²) in [6.07, 6.45) is 3.77. The minimum absolute atomic E-state index is 0.0602. The Balaban J connectivity index is 1.83. The molecule has 106 valence electrons. The van der Waals surface area contributed by atoms with Crippen molar-refractivity contribution in [2.45, 2.75) is 44.7 Å². The van der Waals surface area contributed by atoms with E-state index < -0.39 is 0 Å². The number of hydrogen-bond donors (Lipinski definition) is 0. The van der Waals surface area contributed by atoms with Gasteiger partial charge in [-0.2, -0.15) is 0 Å². The molecule has 3 rings (SSSR count). The molecule has 0 saturated carbocycles. The molecule has 1 aromatic rings. The normalized spacial score (nSPS) is 28.1. The second-order valence-electron chi connectivity index (χ2n) is 5.71. The molecule has 2 atom stereocenters. The molecular formula is C16H20N2O2. The molecule has 4 heteroatoms. The Kier molecular flexibility index (Phi) is 3.57. The van der Waals surface area contributed by atoms with Crippen LogP contribution in [0.15, 0.2) is 30.3 Å². The molecule has 0 aromatic heterocycles. The number of carbonyl (C=O) groups is 2. The van der Waals surface area contributed by atoms with E-state index in [1.807, 2.05) is 30.3 Å². The van der Waals surface area contributed by atoms with E-state index in [-0.39, 0.29) is 17.9 Å². The Hall–Kier alpha value is -1.68. The van der Waals surface area contributed by atoms with Gasteiger partial charge in [0.15, 0.2) is 0 Å². The van der Waals surface area contributed by atoms with Crippen molar-refractivity contribution in [1.29, 1.82) is 0 Å². The molecule has 2 fully saturated rings. The maximum Gasteiger partial charge on any atom is 0.251 e. The molecule has 0 aliphatic carbocycles. The number of para-hydroxylation sites is 1. The first kappa shape index (κ1) is 13.3. The van der Waals surface area contributed by atoms with E-state index in [0.717, 1.165) is 19.4 Å². The van der Waals surface area contributed by atoms with E-state index in [0.29, 0.717) is 18.2 Å². The number of nitrogens with zero attached hydrogens (tertiary/aromatic N) is 2. The largest absolute Gasteiger partial charge is 0.289 e. The van der Waals surface area contributed by atoms with E-state index >= 15 is 0 Å². The Morgan fingerprint density at radius 3 is 2.55 bits per heavy atom. The van der Waals surface area contributed by atoms with Gasteiger partial charge in [-0.3, -0.25) is 14.5 Å². The highest BCUT2D eigenvalue weighted by atomic mass is 16.2. The van der Waals surface area contributed by atoms with Crippen molar-refractivity contribution in [2.24, 2.45) is 0 Å². The zero-order chi connectivity index (χ0) is 14.1. The molecule has 2 aliphatic heterocycles. The quantitative estimate of drug-likeness (QED) is 0.775. The van der Waals surface area contributed by atoms with E-state index in [2.05, 4.69) is 11.8 Å². The number of hydrogen-bond acceptors (Lipinski definition) is 3. The van der Waals surface area contributed by atoms with Gasteiger partial charge in [0.1, 0.15) is 0 Å². The highest BCUT2D eigenvalue weighted by Crippen LogP contribution is 2.29. The molecule has 1 aromatic carbocycles. The van der Waals surface area contributed by atoms with E-state index in [1.54, 1.807) is 0 Å². The molecule has 2 heterocycles. The first-order valence-electron chi connectivity index (χ1n) is 7.36. The molecule has 2 amide bonds. The number of benzene rings is 1. The molecule has 2 aliphatic rings. The van der Waals surface area contributed by atoms with Gasteiger partial charge in [0.05, 0.1) is 18.2 Å². The smallest absolute Gasteiger partial charge is 0.251 e. The first-order valence-corrected chi connectivity index (χ1v) is 7.36. The third-order valence-corrected chi connectivity index (χ3v) is 4.39. The Morgan fingerprint density at radius 1 is 1.10 bits per heavy atom. The average Bonchev–Trinajstić information content (AvgIpc) is 2.75. The van der Waals surface area contributed by atoms with Crippen molar-refractivity contribution < 1.29 is 9.59 Å². The van der Waals surface area contributed by atoms with Crippen LogP contribution in [0, 0.1) is 0 Å². The lowest BCUT2D eigenvalue weighted by molar-refractivity contribution is -0.123. The second kappa shape index (κ2) is 5.37. The summed E-state index contributed by atoms with van der Waals surface area (Å²) < 4.78 is 0. The van der Waals surface area contributed by atoms with Crippen LogP contribution in [0.5, 0.6) is 0 Å². The van der Waals surface area contributed by atoms with E-state index in [9.17, 15) is 9.59 Å². The van der Waals surface area contributed by atoms with Crippen LogP contribution in [0.3, 0.4) is 0 Å². The van der Waals surface area contributed by atoms with Gasteiger partial charge in [0.25, 0.3) is 5.91 Å². The number of likely N-dealkylation sites (tertiary alicyclic amines) is 1. The van der Waals surface area contributed by atoms with Gasteiger partial charge in [-0.25, -0.2) is 4.90 Å². The van der Waals surface area contributed by atoms with Gasteiger partial charge in [-0.1, -0.05) is 24.6 Å².